The van der Waals surface area contributed by atoms with Crippen molar-refractivity contribution in [3.8, 4) is 0 Å². The van der Waals surface area contributed by atoms with Crippen LogP contribution in [0.1, 0.15) is 76.5 Å². The highest BCUT2D eigenvalue weighted by Crippen LogP contribution is 2.29. The Morgan fingerprint density at radius 1 is 1.00 bits per heavy atom. The van der Waals surface area contributed by atoms with Crippen LogP contribution in [0.25, 0.3) is 0 Å². The molecule has 0 saturated heterocycles. The minimum Gasteiger partial charge on any atom is -0.436 e. The number of aromatic amines is 1. The van der Waals surface area contributed by atoms with Gasteiger partial charge in [0.2, 0.25) is 11.8 Å². The first kappa shape index (κ1) is 38.5. The maximum absolute atomic E-state index is 14.2. The van der Waals surface area contributed by atoms with Gasteiger partial charge in [-0.2, -0.15) is 0 Å². The Bertz CT molecular complexity index is 1280. The largest absolute Gasteiger partial charge is 0.436 e. The SMILES string of the molecule is CC(C)CC[C@H](O)[C@H](CC1CCCCC1)NC(=O)[C@H](Cc1cnc[nH]1)N(C)C(=O)[C@H](Cc1ccccc1)OC(=O)N(C)CC(=O)N(C)C. The van der Waals surface area contributed by atoms with Crippen molar-refractivity contribution in [2.24, 2.45) is 11.8 Å². The number of rotatable bonds is 17. The van der Waals surface area contributed by atoms with Gasteiger partial charge in [0.1, 0.15) is 12.6 Å². The smallest absolute Gasteiger partial charge is 0.410 e. The highest BCUT2D eigenvalue weighted by molar-refractivity contribution is 5.91. The Balaban J connectivity index is 1.87. The van der Waals surface area contributed by atoms with Crippen LogP contribution in [0.15, 0.2) is 42.9 Å². The molecule has 1 aliphatic rings. The number of aliphatic hydroxyl groups excluding tert-OH is 1. The van der Waals surface area contributed by atoms with Gasteiger partial charge in [0.05, 0.1) is 18.5 Å². The van der Waals surface area contributed by atoms with E-state index < -0.39 is 42.2 Å². The number of ether oxygens (including phenoxy) is 1. The number of carbonyl (C=O) groups excluding carboxylic acids is 4. The van der Waals surface area contributed by atoms with E-state index in [4.69, 9.17) is 4.74 Å². The molecule has 1 aromatic carbocycles. The van der Waals surface area contributed by atoms with Crippen molar-refractivity contribution in [1.29, 1.82) is 0 Å². The van der Waals surface area contributed by atoms with Crippen molar-refractivity contribution in [3.05, 3.63) is 54.1 Å². The molecule has 2 aromatic rings. The minimum atomic E-state index is -1.27. The zero-order valence-corrected chi connectivity index (χ0v) is 29.6. The number of benzene rings is 1. The van der Waals surface area contributed by atoms with E-state index >= 15 is 0 Å². The molecule has 1 fully saturated rings. The molecule has 0 unspecified atom stereocenters. The number of carbonyl (C=O) groups is 4. The third-order valence-electron chi connectivity index (χ3n) is 9.20. The van der Waals surface area contributed by atoms with Gasteiger partial charge < -0.3 is 34.8 Å². The number of likely N-dealkylation sites (N-methyl/N-ethyl adjacent to an activating group) is 3. The van der Waals surface area contributed by atoms with E-state index in [-0.39, 0.29) is 25.3 Å². The number of H-pyrrole nitrogens is 1. The van der Waals surface area contributed by atoms with Crippen LogP contribution in [0.5, 0.6) is 0 Å². The Labute approximate surface area is 285 Å². The second-order valence-electron chi connectivity index (χ2n) is 13.8. The van der Waals surface area contributed by atoms with E-state index in [0.717, 1.165) is 42.6 Å². The molecule has 0 spiro atoms. The van der Waals surface area contributed by atoms with Crippen molar-refractivity contribution in [2.75, 3.05) is 34.7 Å². The average Bonchev–Trinajstić information content (AvgIpc) is 3.59. The molecule has 4 atom stereocenters. The van der Waals surface area contributed by atoms with Gasteiger partial charge in [-0.15, -0.1) is 0 Å². The van der Waals surface area contributed by atoms with E-state index in [0.29, 0.717) is 30.4 Å². The predicted octanol–water partition coefficient (Wildman–Crippen LogP) is 3.80. The zero-order chi connectivity index (χ0) is 35.2. The second kappa shape index (κ2) is 19.2. The summed E-state index contributed by atoms with van der Waals surface area (Å²) in [5.41, 5.74) is 1.41. The molecular formula is C36H56N6O6. The average molecular weight is 669 g/mol. The molecular weight excluding hydrogens is 612 g/mol. The number of amides is 4. The van der Waals surface area contributed by atoms with Crippen LogP contribution in [0, 0.1) is 11.8 Å². The van der Waals surface area contributed by atoms with Crippen LogP contribution in [0.2, 0.25) is 0 Å². The summed E-state index contributed by atoms with van der Waals surface area (Å²) in [7, 11) is 6.14. The molecule has 0 aliphatic heterocycles. The Hall–Kier alpha value is -3.93. The zero-order valence-electron chi connectivity index (χ0n) is 29.6. The lowest BCUT2D eigenvalue weighted by molar-refractivity contribution is -0.146. The number of nitrogens with one attached hydrogen (secondary N) is 2. The summed E-state index contributed by atoms with van der Waals surface area (Å²) in [5, 5.41) is 14.5. The van der Waals surface area contributed by atoms with Crippen molar-refractivity contribution in [2.45, 2.75) is 102 Å². The monoisotopic (exact) mass is 668 g/mol. The lowest BCUT2D eigenvalue weighted by Gasteiger charge is -2.34. The van der Waals surface area contributed by atoms with Gasteiger partial charge in [-0.3, -0.25) is 14.4 Å². The second-order valence-corrected chi connectivity index (χ2v) is 13.8. The van der Waals surface area contributed by atoms with Crippen LogP contribution in [-0.4, -0.2) is 113 Å². The van der Waals surface area contributed by atoms with E-state index in [1.54, 1.807) is 20.3 Å². The number of aliphatic hydroxyl groups is 1. The molecule has 0 bridgehead atoms. The summed E-state index contributed by atoms with van der Waals surface area (Å²) in [6, 6.07) is 7.71. The van der Waals surface area contributed by atoms with Crippen LogP contribution >= 0.6 is 0 Å². The fourth-order valence-corrected chi connectivity index (χ4v) is 6.10. The summed E-state index contributed by atoms with van der Waals surface area (Å²) in [4.78, 5) is 64.8. The quantitative estimate of drug-likeness (QED) is 0.232. The number of aromatic nitrogens is 2. The highest BCUT2D eigenvalue weighted by Gasteiger charge is 2.36. The number of hydrogen-bond donors (Lipinski definition) is 3. The van der Waals surface area contributed by atoms with Crippen LogP contribution in [-0.2, 0) is 32.0 Å². The van der Waals surface area contributed by atoms with Gasteiger partial charge in [-0.25, -0.2) is 9.78 Å². The molecule has 4 amide bonds. The number of imidazole rings is 1. The summed E-state index contributed by atoms with van der Waals surface area (Å²) in [6.07, 6.45) is 8.20. The fourth-order valence-electron chi connectivity index (χ4n) is 6.10. The Kier molecular flexibility index (Phi) is 15.4. The molecule has 0 radical (unpaired) electrons. The predicted molar refractivity (Wildman–Crippen MR) is 184 cm³/mol. The number of hydrogen-bond acceptors (Lipinski definition) is 7. The van der Waals surface area contributed by atoms with Gasteiger partial charge in [0, 0.05) is 52.9 Å². The maximum atomic E-state index is 14.2. The van der Waals surface area contributed by atoms with Crippen molar-refractivity contribution in [1.82, 2.24) is 30.0 Å². The topological polar surface area (TPSA) is 148 Å². The Morgan fingerprint density at radius 2 is 1.69 bits per heavy atom. The molecule has 1 heterocycles. The Morgan fingerprint density at radius 3 is 2.29 bits per heavy atom. The molecule has 1 saturated carbocycles. The maximum Gasteiger partial charge on any atom is 0.410 e. The molecule has 12 heteroatoms. The molecule has 1 aliphatic carbocycles. The van der Waals surface area contributed by atoms with E-state index in [1.807, 2.05) is 30.3 Å². The van der Waals surface area contributed by atoms with Crippen LogP contribution in [0.3, 0.4) is 0 Å². The van der Waals surface area contributed by atoms with E-state index in [9.17, 15) is 24.3 Å². The van der Waals surface area contributed by atoms with E-state index in [1.165, 1.54) is 36.6 Å². The van der Waals surface area contributed by atoms with Crippen LogP contribution < -0.4 is 5.32 Å². The first-order chi connectivity index (χ1) is 22.8. The highest BCUT2D eigenvalue weighted by atomic mass is 16.6. The molecule has 3 rings (SSSR count). The third kappa shape index (κ3) is 12.3. The van der Waals surface area contributed by atoms with Gasteiger partial charge in [-0.05, 0) is 36.7 Å². The summed E-state index contributed by atoms with van der Waals surface area (Å²) >= 11 is 0. The molecule has 3 N–H and O–H groups in total. The summed E-state index contributed by atoms with van der Waals surface area (Å²) < 4.78 is 5.75. The normalized spacial score (nSPS) is 16.0. The summed E-state index contributed by atoms with van der Waals surface area (Å²) in [5.74, 6) is -0.444. The molecule has 266 valence electrons. The van der Waals surface area contributed by atoms with Gasteiger partial charge in [0.25, 0.3) is 5.91 Å². The first-order valence-corrected chi connectivity index (χ1v) is 17.2. The number of nitrogens with zero attached hydrogens (tertiary/aromatic N) is 4. The molecule has 12 nitrogen and oxygen atoms in total. The third-order valence-corrected chi connectivity index (χ3v) is 9.20. The molecule has 1 aromatic heterocycles. The van der Waals surface area contributed by atoms with Crippen LogP contribution in [0.4, 0.5) is 4.79 Å². The first-order valence-electron chi connectivity index (χ1n) is 17.2. The van der Waals surface area contributed by atoms with Gasteiger partial charge in [-0.1, -0.05) is 76.3 Å². The van der Waals surface area contributed by atoms with E-state index in [2.05, 4.69) is 29.1 Å². The van der Waals surface area contributed by atoms with Crippen molar-refractivity contribution in [3.63, 3.8) is 0 Å². The standard InChI is InChI=1S/C36H56N6O6/c1-25(2)17-18-31(43)29(19-26-13-9-7-10-14-26)39-34(45)30(21-28-22-37-24-38-28)42(6)35(46)32(20-27-15-11-8-12-16-27)48-36(47)41(5)23-33(44)40(3)4/h8,11-12,15-16,22,24-26,29-32,43H,7,9-10,13-14,17-21,23H2,1-6H3,(H,37,38)(H,39,45)/t29-,30-,31-,32-/m0/s1. The van der Waals surface area contributed by atoms with Crippen molar-refractivity contribution < 1.29 is 29.0 Å². The molecule has 48 heavy (non-hydrogen) atoms. The lowest BCUT2D eigenvalue weighted by atomic mass is 9.83. The summed E-state index contributed by atoms with van der Waals surface area (Å²) in [6.45, 7) is 4.00. The lowest BCUT2D eigenvalue weighted by Crippen LogP contribution is -2.56. The van der Waals surface area contributed by atoms with Gasteiger partial charge in [0.15, 0.2) is 6.10 Å². The van der Waals surface area contributed by atoms with Crippen molar-refractivity contribution >= 4 is 23.8 Å². The minimum absolute atomic E-state index is 0.0713. The van der Waals surface area contributed by atoms with Gasteiger partial charge >= 0.3 is 6.09 Å². The fraction of sp³-hybridized carbons (Fsp3) is 0.639.